The molecule has 0 saturated carbocycles. The van der Waals surface area contributed by atoms with E-state index in [1.807, 2.05) is 37.3 Å². The van der Waals surface area contributed by atoms with Crippen LogP contribution >= 0.6 is 0 Å². The van der Waals surface area contributed by atoms with Crippen molar-refractivity contribution in [2.75, 3.05) is 0 Å². The molecule has 98 valence electrons. The van der Waals surface area contributed by atoms with Crippen molar-refractivity contribution in [3.63, 3.8) is 0 Å². The Bertz CT molecular complexity index is 534. The highest BCUT2D eigenvalue weighted by molar-refractivity contribution is 6.03. The van der Waals surface area contributed by atoms with Crippen LogP contribution in [0.4, 0.5) is 0 Å². The molecule has 1 heteroatoms. The van der Waals surface area contributed by atoms with Crippen molar-refractivity contribution in [1.82, 2.24) is 0 Å². The van der Waals surface area contributed by atoms with E-state index in [0.29, 0.717) is 0 Å². The Labute approximate surface area is 115 Å². The van der Waals surface area contributed by atoms with Crippen LogP contribution in [0.15, 0.2) is 66.3 Å². The van der Waals surface area contributed by atoms with Gasteiger partial charge in [0.15, 0.2) is 5.78 Å². The number of carbonyl (C=O) groups is 1. The smallest absolute Gasteiger partial charge is 0.170 e. The van der Waals surface area contributed by atoms with Crippen molar-refractivity contribution in [3.8, 4) is 0 Å². The first-order chi connectivity index (χ1) is 9.15. The van der Waals surface area contributed by atoms with Gasteiger partial charge in [-0.25, -0.2) is 0 Å². The van der Waals surface area contributed by atoms with Crippen molar-refractivity contribution in [2.24, 2.45) is 0 Å². The second kappa shape index (κ2) is 5.83. The Kier molecular flexibility index (Phi) is 4.16. The van der Waals surface area contributed by atoms with Crippen molar-refractivity contribution in [3.05, 3.63) is 71.8 Å². The van der Waals surface area contributed by atoms with Gasteiger partial charge in [0.25, 0.3) is 0 Å². The number of allylic oxidation sites excluding steroid dienone is 4. The molecule has 0 aromatic heterocycles. The zero-order chi connectivity index (χ0) is 13.8. The van der Waals surface area contributed by atoms with Crippen LogP contribution in [-0.2, 0) is 4.79 Å². The van der Waals surface area contributed by atoms with E-state index in [-0.39, 0.29) is 11.7 Å². The molecule has 1 aliphatic carbocycles. The summed E-state index contributed by atoms with van der Waals surface area (Å²) in [5.41, 5.74) is 4.16. The van der Waals surface area contributed by atoms with Crippen LogP contribution in [0.5, 0.6) is 0 Å². The Morgan fingerprint density at radius 1 is 1.21 bits per heavy atom. The fourth-order valence-corrected chi connectivity index (χ4v) is 2.73. The summed E-state index contributed by atoms with van der Waals surface area (Å²) in [6.07, 6.45) is 4.66. The van der Waals surface area contributed by atoms with Gasteiger partial charge in [-0.05, 0) is 42.9 Å². The molecule has 0 saturated heterocycles. The molecule has 0 amide bonds. The molecule has 1 aromatic carbocycles. The minimum atomic E-state index is -0.233. The van der Waals surface area contributed by atoms with E-state index in [9.17, 15) is 4.79 Å². The van der Waals surface area contributed by atoms with Gasteiger partial charge in [-0.2, -0.15) is 0 Å². The molecule has 1 unspecified atom stereocenters. The van der Waals surface area contributed by atoms with Gasteiger partial charge in [0.1, 0.15) is 0 Å². The predicted molar refractivity (Wildman–Crippen MR) is 80.1 cm³/mol. The third kappa shape index (κ3) is 2.76. The number of benzene rings is 1. The molecule has 2 rings (SSSR count). The van der Waals surface area contributed by atoms with E-state index in [1.165, 1.54) is 0 Å². The average molecular weight is 252 g/mol. The number of hydrogen-bond acceptors (Lipinski definition) is 1. The highest BCUT2D eigenvalue weighted by atomic mass is 16.1. The summed E-state index contributed by atoms with van der Waals surface area (Å²) >= 11 is 0. The van der Waals surface area contributed by atoms with Crippen molar-refractivity contribution < 1.29 is 4.79 Å². The first kappa shape index (κ1) is 13.5. The molecule has 0 bridgehead atoms. The lowest BCUT2D eigenvalue weighted by molar-refractivity contribution is -0.116. The maximum atomic E-state index is 12.7. The summed E-state index contributed by atoms with van der Waals surface area (Å²) in [5.74, 6) is -0.0413. The standard InChI is InChI=1S/C18H20O/c1-4-15(14-9-6-5-7-10-14)18(19)17-12-8-11-16(17)13(2)3/h4-7,9-10,15H,1-2,8,11-12H2,3H3. The van der Waals surface area contributed by atoms with Gasteiger partial charge in [0.2, 0.25) is 0 Å². The highest BCUT2D eigenvalue weighted by Gasteiger charge is 2.26. The van der Waals surface area contributed by atoms with E-state index in [0.717, 1.165) is 41.5 Å². The normalized spacial score (nSPS) is 16.3. The lowest BCUT2D eigenvalue weighted by Gasteiger charge is -2.14. The molecule has 0 aliphatic heterocycles. The van der Waals surface area contributed by atoms with E-state index < -0.39 is 0 Å². The minimum absolute atomic E-state index is 0.191. The zero-order valence-electron chi connectivity index (χ0n) is 11.5. The highest BCUT2D eigenvalue weighted by Crippen LogP contribution is 2.34. The Morgan fingerprint density at radius 2 is 1.84 bits per heavy atom. The van der Waals surface area contributed by atoms with Gasteiger partial charge < -0.3 is 0 Å². The van der Waals surface area contributed by atoms with Gasteiger partial charge in [-0.3, -0.25) is 4.79 Å². The number of hydrogen-bond donors (Lipinski definition) is 0. The number of Topliss-reactive ketones (excluding diaryl/α,β-unsaturated/α-hetero) is 1. The number of ketones is 1. The van der Waals surface area contributed by atoms with Crippen LogP contribution in [0.3, 0.4) is 0 Å². The maximum Gasteiger partial charge on any atom is 0.170 e. The Morgan fingerprint density at radius 3 is 2.42 bits per heavy atom. The van der Waals surface area contributed by atoms with Crippen LogP contribution < -0.4 is 0 Å². The van der Waals surface area contributed by atoms with Crippen LogP contribution in [-0.4, -0.2) is 5.78 Å². The van der Waals surface area contributed by atoms with Gasteiger partial charge in [-0.15, -0.1) is 6.58 Å². The van der Waals surface area contributed by atoms with E-state index in [2.05, 4.69) is 13.2 Å². The molecule has 0 heterocycles. The molecule has 1 nitrogen and oxygen atoms in total. The molecule has 1 aromatic rings. The summed E-state index contributed by atoms with van der Waals surface area (Å²) < 4.78 is 0. The molecule has 0 N–H and O–H groups in total. The SMILES string of the molecule is C=CC(C(=O)C1=C(C(=C)C)CCC1)c1ccccc1. The molecular formula is C18H20O. The fraction of sp³-hybridized carbons (Fsp3) is 0.278. The Balaban J connectivity index is 2.35. The van der Waals surface area contributed by atoms with Crippen LogP contribution in [0.25, 0.3) is 0 Å². The predicted octanol–water partition coefficient (Wildman–Crippen LogP) is 4.58. The van der Waals surface area contributed by atoms with Gasteiger partial charge in [-0.1, -0.05) is 48.6 Å². The van der Waals surface area contributed by atoms with Gasteiger partial charge >= 0.3 is 0 Å². The van der Waals surface area contributed by atoms with Crippen LogP contribution in [0.2, 0.25) is 0 Å². The zero-order valence-corrected chi connectivity index (χ0v) is 11.5. The minimum Gasteiger partial charge on any atom is -0.293 e. The van der Waals surface area contributed by atoms with E-state index in [4.69, 9.17) is 0 Å². The monoisotopic (exact) mass is 252 g/mol. The number of carbonyl (C=O) groups excluding carboxylic acids is 1. The van der Waals surface area contributed by atoms with Gasteiger partial charge in [0.05, 0.1) is 5.92 Å². The molecule has 1 atom stereocenters. The van der Waals surface area contributed by atoms with E-state index >= 15 is 0 Å². The summed E-state index contributed by atoms with van der Waals surface area (Å²) in [4.78, 5) is 12.7. The van der Waals surface area contributed by atoms with Crippen molar-refractivity contribution in [1.29, 1.82) is 0 Å². The maximum absolute atomic E-state index is 12.7. The summed E-state index contributed by atoms with van der Waals surface area (Å²) in [5, 5.41) is 0. The summed E-state index contributed by atoms with van der Waals surface area (Å²) in [6.45, 7) is 9.81. The Hall–Kier alpha value is -1.89. The summed E-state index contributed by atoms with van der Waals surface area (Å²) in [7, 11) is 0. The quantitative estimate of drug-likeness (QED) is 0.701. The fourth-order valence-electron chi connectivity index (χ4n) is 2.73. The second-order valence-corrected chi connectivity index (χ2v) is 5.08. The van der Waals surface area contributed by atoms with Crippen LogP contribution in [0, 0.1) is 0 Å². The molecule has 19 heavy (non-hydrogen) atoms. The lowest BCUT2D eigenvalue weighted by atomic mass is 9.88. The molecule has 0 spiro atoms. The first-order valence-electron chi connectivity index (χ1n) is 6.74. The van der Waals surface area contributed by atoms with Crippen LogP contribution in [0.1, 0.15) is 37.7 Å². The molecule has 0 fully saturated rings. The number of rotatable bonds is 5. The largest absolute Gasteiger partial charge is 0.293 e. The topological polar surface area (TPSA) is 17.1 Å². The average Bonchev–Trinajstić information content (AvgIpc) is 2.90. The third-order valence-corrected chi connectivity index (χ3v) is 3.71. The molecule has 0 radical (unpaired) electrons. The van der Waals surface area contributed by atoms with E-state index in [1.54, 1.807) is 6.08 Å². The summed E-state index contributed by atoms with van der Waals surface area (Å²) in [6, 6.07) is 9.85. The third-order valence-electron chi connectivity index (χ3n) is 3.71. The lowest BCUT2D eigenvalue weighted by Crippen LogP contribution is -2.13. The first-order valence-corrected chi connectivity index (χ1v) is 6.74. The molecule has 1 aliphatic rings. The van der Waals surface area contributed by atoms with Crippen molar-refractivity contribution >= 4 is 5.78 Å². The molecular weight excluding hydrogens is 232 g/mol. The van der Waals surface area contributed by atoms with Crippen molar-refractivity contribution in [2.45, 2.75) is 32.1 Å². The second-order valence-electron chi connectivity index (χ2n) is 5.08. The van der Waals surface area contributed by atoms with Gasteiger partial charge in [0, 0.05) is 0 Å².